The predicted octanol–water partition coefficient (Wildman–Crippen LogP) is 15.7. The number of hydrogen-bond acceptors (Lipinski definition) is 5. The van der Waals surface area contributed by atoms with Crippen molar-refractivity contribution in [1.29, 1.82) is 5.26 Å². The fourth-order valence-corrected chi connectivity index (χ4v) is 11.4. The highest BCUT2D eigenvalue weighted by Crippen LogP contribution is 2.63. The second-order valence-corrected chi connectivity index (χ2v) is 18.3. The fraction of sp³-hybridized carbons (Fsp3) is 0.0154. The van der Waals surface area contributed by atoms with E-state index in [4.69, 9.17) is 15.0 Å². The number of anilines is 3. The maximum absolute atomic E-state index is 10.7. The minimum absolute atomic E-state index is 0.488. The highest BCUT2D eigenvalue weighted by molar-refractivity contribution is 6.10. The topological polar surface area (TPSA) is 70.6 Å². The van der Waals surface area contributed by atoms with Crippen molar-refractivity contribution in [2.24, 2.45) is 0 Å². The van der Waals surface area contributed by atoms with Crippen LogP contribution in [0, 0.1) is 11.3 Å². The first-order chi connectivity index (χ1) is 35.2. The summed E-state index contributed by atoms with van der Waals surface area (Å²) in [6, 6.07) is 88.2. The van der Waals surface area contributed by atoms with Crippen LogP contribution in [0.1, 0.15) is 27.8 Å². The van der Waals surface area contributed by atoms with Gasteiger partial charge in [0.05, 0.1) is 39.5 Å². The van der Waals surface area contributed by atoms with Gasteiger partial charge in [-0.05, 0) is 111 Å². The molecule has 14 rings (SSSR count). The average Bonchev–Trinajstić information content (AvgIpc) is 3.94. The van der Waals surface area contributed by atoms with Gasteiger partial charge in [-0.3, -0.25) is 0 Å². The number of nitriles is 1. The molecule has 0 radical (unpaired) electrons. The second-order valence-electron chi connectivity index (χ2n) is 18.3. The quantitative estimate of drug-likeness (QED) is 0.166. The van der Waals surface area contributed by atoms with E-state index in [0.717, 1.165) is 56.1 Å². The van der Waals surface area contributed by atoms with Crippen molar-refractivity contribution in [3.05, 3.63) is 270 Å². The molecule has 2 aromatic heterocycles. The highest BCUT2D eigenvalue weighted by atomic mass is 15.2. The monoisotopic (exact) mass is 904 g/mol. The lowest BCUT2D eigenvalue weighted by Crippen LogP contribution is -2.36. The summed E-state index contributed by atoms with van der Waals surface area (Å²) < 4.78 is 2.37. The van der Waals surface area contributed by atoms with Crippen LogP contribution in [0.4, 0.5) is 17.1 Å². The first-order valence-corrected chi connectivity index (χ1v) is 23.9. The van der Waals surface area contributed by atoms with Gasteiger partial charge in [0, 0.05) is 38.8 Å². The summed E-state index contributed by atoms with van der Waals surface area (Å²) in [6.07, 6.45) is 0. The Kier molecular flexibility index (Phi) is 9.07. The van der Waals surface area contributed by atoms with Crippen LogP contribution >= 0.6 is 0 Å². The SMILES string of the molecule is N#Cc1cc(-c2nc(-c3ccccc3)nc(-c3ccccc3)n2)cc(N2c3ccccc3C3(c4ccccc4-c4cc(-c5ccc6c(c5)c5ccccc5n6-c5ccccc5)ccc43)c3ccccc32)c1. The minimum Gasteiger partial charge on any atom is -0.310 e. The van der Waals surface area contributed by atoms with E-state index in [-0.39, 0.29) is 0 Å². The molecule has 0 amide bonds. The molecule has 1 aliphatic carbocycles. The maximum atomic E-state index is 10.7. The van der Waals surface area contributed by atoms with E-state index in [1.807, 2.05) is 72.8 Å². The molecule has 0 atom stereocenters. The van der Waals surface area contributed by atoms with E-state index < -0.39 is 5.41 Å². The Labute approximate surface area is 410 Å². The third kappa shape index (κ3) is 6.17. The molecule has 6 nitrogen and oxygen atoms in total. The van der Waals surface area contributed by atoms with Crippen molar-refractivity contribution in [1.82, 2.24) is 19.5 Å². The van der Waals surface area contributed by atoms with Crippen LogP contribution < -0.4 is 4.90 Å². The lowest BCUT2D eigenvalue weighted by molar-refractivity contribution is 0.752. The van der Waals surface area contributed by atoms with Crippen LogP contribution in [0.5, 0.6) is 0 Å². The van der Waals surface area contributed by atoms with Crippen molar-refractivity contribution in [3.63, 3.8) is 0 Å². The largest absolute Gasteiger partial charge is 0.310 e. The van der Waals surface area contributed by atoms with E-state index >= 15 is 0 Å². The summed E-state index contributed by atoms with van der Waals surface area (Å²) in [6.45, 7) is 0. The summed E-state index contributed by atoms with van der Waals surface area (Å²) in [5.74, 6) is 1.61. The van der Waals surface area contributed by atoms with Crippen LogP contribution in [0.15, 0.2) is 243 Å². The average molecular weight is 905 g/mol. The summed E-state index contributed by atoms with van der Waals surface area (Å²) in [5.41, 5.74) is 18.3. The molecule has 10 aromatic carbocycles. The van der Waals surface area contributed by atoms with Crippen LogP contribution in [0.3, 0.4) is 0 Å². The summed E-state index contributed by atoms with van der Waals surface area (Å²) in [4.78, 5) is 17.4. The zero-order chi connectivity index (χ0) is 47.0. The molecular formula is C65H40N6. The standard InChI is InChI=1S/C65H40N6/c66-41-42-36-47(64-68-62(43-18-4-1-5-19-43)67-63(69-64)44-20-6-2-7-21-44)38-49(37-42)71-60-30-16-13-27-56(60)65(57-28-14-17-31-61(57)71)54-26-12-10-24-50(54)52-39-45(32-34-55(52)65)46-33-35-59-53(40-46)51-25-11-15-29-58(51)70(59)48-22-8-3-9-23-48/h1-40H. The van der Waals surface area contributed by atoms with E-state index in [1.54, 1.807) is 0 Å². The smallest absolute Gasteiger partial charge is 0.164 e. The van der Waals surface area contributed by atoms with Gasteiger partial charge in [0.15, 0.2) is 17.5 Å². The Morgan fingerprint density at radius 2 is 0.873 bits per heavy atom. The summed E-state index contributed by atoms with van der Waals surface area (Å²) in [5, 5.41) is 13.2. The Hall–Kier alpha value is -9.70. The number of benzene rings is 10. The lowest BCUT2D eigenvalue weighted by Gasteiger charge is -2.45. The van der Waals surface area contributed by atoms with Gasteiger partial charge in [-0.25, -0.2) is 15.0 Å². The van der Waals surface area contributed by atoms with Gasteiger partial charge in [0.1, 0.15) is 0 Å². The summed E-state index contributed by atoms with van der Waals surface area (Å²) >= 11 is 0. The Morgan fingerprint density at radius 3 is 1.55 bits per heavy atom. The first-order valence-electron chi connectivity index (χ1n) is 23.9. The fourth-order valence-electron chi connectivity index (χ4n) is 11.4. The van der Waals surface area contributed by atoms with Crippen LogP contribution in [0.2, 0.25) is 0 Å². The Balaban J connectivity index is 0.939. The number of hydrogen-bond donors (Lipinski definition) is 0. The van der Waals surface area contributed by atoms with Crippen molar-refractivity contribution in [2.45, 2.75) is 5.41 Å². The lowest BCUT2D eigenvalue weighted by atomic mass is 9.64. The maximum Gasteiger partial charge on any atom is 0.164 e. The van der Waals surface area contributed by atoms with Crippen LogP contribution in [-0.2, 0) is 5.41 Å². The normalized spacial score (nSPS) is 12.9. The van der Waals surface area contributed by atoms with Gasteiger partial charge in [0.2, 0.25) is 0 Å². The zero-order valence-electron chi connectivity index (χ0n) is 38.3. The third-order valence-electron chi connectivity index (χ3n) is 14.4. The van der Waals surface area contributed by atoms with Gasteiger partial charge < -0.3 is 9.47 Å². The van der Waals surface area contributed by atoms with Gasteiger partial charge in [-0.2, -0.15) is 5.26 Å². The van der Waals surface area contributed by atoms with E-state index in [0.29, 0.717) is 23.0 Å². The molecule has 330 valence electrons. The minimum atomic E-state index is -0.639. The van der Waals surface area contributed by atoms with E-state index in [9.17, 15) is 5.26 Å². The number of rotatable bonds is 6. The Bertz CT molecular complexity index is 4030. The van der Waals surface area contributed by atoms with Gasteiger partial charge in [-0.15, -0.1) is 0 Å². The molecule has 0 unspecified atom stereocenters. The molecule has 0 bridgehead atoms. The predicted molar refractivity (Wildman–Crippen MR) is 286 cm³/mol. The molecule has 0 N–H and O–H groups in total. The molecule has 0 saturated carbocycles. The first kappa shape index (κ1) is 40.4. The van der Waals surface area contributed by atoms with Gasteiger partial charge >= 0.3 is 0 Å². The molecule has 2 aliphatic rings. The Morgan fingerprint density at radius 1 is 0.352 bits per heavy atom. The van der Waals surface area contributed by atoms with Gasteiger partial charge in [-0.1, -0.05) is 176 Å². The molecule has 3 heterocycles. The van der Waals surface area contributed by atoms with E-state index in [2.05, 4.69) is 185 Å². The molecule has 12 aromatic rings. The van der Waals surface area contributed by atoms with Crippen molar-refractivity contribution < 1.29 is 0 Å². The molecule has 6 heteroatoms. The number of para-hydroxylation sites is 4. The third-order valence-corrected chi connectivity index (χ3v) is 14.4. The molecule has 0 saturated heterocycles. The van der Waals surface area contributed by atoms with Crippen molar-refractivity contribution >= 4 is 38.9 Å². The molecule has 71 heavy (non-hydrogen) atoms. The number of fused-ring (bicyclic) bond motifs is 12. The van der Waals surface area contributed by atoms with Gasteiger partial charge in [0.25, 0.3) is 0 Å². The van der Waals surface area contributed by atoms with Crippen LogP contribution in [-0.4, -0.2) is 19.5 Å². The van der Waals surface area contributed by atoms with E-state index in [1.165, 1.54) is 49.6 Å². The number of aromatic nitrogens is 4. The molecule has 1 aliphatic heterocycles. The van der Waals surface area contributed by atoms with Crippen molar-refractivity contribution in [2.75, 3.05) is 4.90 Å². The second kappa shape index (κ2) is 16.0. The zero-order valence-corrected chi connectivity index (χ0v) is 38.3. The van der Waals surface area contributed by atoms with Crippen molar-refractivity contribution in [3.8, 4) is 68.2 Å². The molecular weight excluding hydrogens is 865 g/mol. The summed E-state index contributed by atoms with van der Waals surface area (Å²) in [7, 11) is 0. The highest BCUT2D eigenvalue weighted by Gasteiger charge is 2.51. The number of nitrogens with zero attached hydrogens (tertiary/aromatic N) is 6. The molecule has 0 fully saturated rings. The van der Waals surface area contributed by atoms with Crippen LogP contribution in [0.25, 0.3) is 83.9 Å². The molecule has 1 spiro atoms.